The molecule has 1 aliphatic carbocycles. The van der Waals surface area contributed by atoms with Crippen LogP contribution in [0.2, 0.25) is 5.02 Å². The molecule has 3 heterocycles. The fraction of sp³-hybridized carbons (Fsp3) is 0.520. The number of hydrogen-bond acceptors (Lipinski definition) is 3. The number of rotatable bonds is 3. The number of amides is 1. The predicted octanol–water partition coefficient (Wildman–Crippen LogP) is 5.55. The molecule has 2 saturated heterocycles. The van der Waals surface area contributed by atoms with Crippen molar-refractivity contribution in [2.75, 3.05) is 24.5 Å². The van der Waals surface area contributed by atoms with Gasteiger partial charge in [-0.3, -0.25) is 4.79 Å². The molecule has 158 valence electrons. The van der Waals surface area contributed by atoms with Crippen LogP contribution in [0.25, 0.3) is 11.1 Å². The smallest absolute Gasteiger partial charge is 0.229 e. The van der Waals surface area contributed by atoms with Gasteiger partial charge in [-0.1, -0.05) is 43.0 Å². The zero-order valence-corrected chi connectivity index (χ0v) is 18.3. The van der Waals surface area contributed by atoms with Gasteiger partial charge in [0.1, 0.15) is 5.82 Å². The van der Waals surface area contributed by atoms with E-state index in [0.717, 1.165) is 60.9 Å². The summed E-state index contributed by atoms with van der Waals surface area (Å²) in [6.07, 6.45) is 11.2. The van der Waals surface area contributed by atoms with Gasteiger partial charge in [0.2, 0.25) is 5.91 Å². The first-order valence-electron chi connectivity index (χ1n) is 11.4. The summed E-state index contributed by atoms with van der Waals surface area (Å²) in [5.41, 5.74) is 2.10. The number of halogens is 1. The Labute approximate surface area is 184 Å². The number of carbonyl (C=O) groups is 1. The van der Waals surface area contributed by atoms with Crippen molar-refractivity contribution < 1.29 is 4.79 Å². The molecule has 3 aliphatic rings. The van der Waals surface area contributed by atoms with Gasteiger partial charge in [0, 0.05) is 42.5 Å². The Morgan fingerprint density at radius 1 is 0.867 bits per heavy atom. The number of benzene rings is 1. The first-order valence-corrected chi connectivity index (χ1v) is 11.8. The largest absolute Gasteiger partial charge is 0.357 e. The van der Waals surface area contributed by atoms with E-state index in [9.17, 15) is 4.79 Å². The highest BCUT2D eigenvalue weighted by molar-refractivity contribution is 6.30. The quantitative estimate of drug-likeness (QED) is 0.649. The molecule has 2 aromatic rings. The Bertz CT molecular complexity index is 882. The van der Waals surface area contributed by atoms with E-state index < -0.39 is 0 Å². The maximum Gasteiger partial charge on any atom is 0.229 e. The Balaban J connectivity index is 1.22. The predicted molar refractivity (Wildman–Crippen MR) is 122 cm³/mol. The van der Waals surface area contributed by atoms with Crippen LogP contribution in [0.15, 0.2) is 42.6 Å². The van der Waals surface area contributed by atoms with E-state index >= 15 is 0 Å². The third-order valence-corrected chi connectivity index (χ3v) is 7.78. The number of aromatic nitrogens is 1. The third kappa shape index (κ3) is 3.71. The van der Waals surface area contributed by atoms with Crippen molar-refractivity contribution in [1.82, 2.24) is 9.88 Å². The molecular weight excluding hydrogens is 394 g/mol. The van der Waals surface area contributed by atoms with Gasteiger partial charge in [-0.05, 0) is 61.9 Å². The van der Waals surface area contributed by atoms with Crippen LogP contribution in [-0.2, 0) is 4.79 Å². The summed E-state index contributed by atoms with van der Waals surface area (Å²) in [6.45, 7) is 2.80. The summed E-state index contributed by atoms with van der Waals surface area (Å²) in [5.74, 6) is 1.46. The molecule has 1 aromatic heterocycles. The zero-order chi connectivity index (χ0) is 20.6. The first kappa shape index (κ1) is 19.9. The van der Waals surface area contributed by atoms with Crippen molar-refractivity contribution >= 4 is 23.3 Å². The van der Waals surface area contributed by atoms with E-state index in [4.69, 9.17) is 16.6 Å². The second-order valence-electron chi connectivity index (χ2n) is 9.22. The molecule has 0 radical (unpaired) electrons. The number of anilines is 1. The van der Waals surface area contributed by atoms with Crippen LogP contribution >= 0.6 is 11.6 Å². The average molecular weight is 424 g/mol. The SMILES string of the molecule is O=C1N(C2CCCCC2)CCC12CCN(c1ccc(-c3ccc(Cl)cc3)cn1)CC2. The van der Waals surface area contributed by atoms with Crippen LogP contribution in [0.4, 0.5) is 5.82 Å². The van der Waals surface area contributed by atoms with Crippen molar-refractivity contribution in [3.63, 3.8) is 0 Å². The molecule has 2 aliphatic heterocycles. The fourth-order valence-corrected chi connectivity index (χ4v) is 5.73. The number of hydrogen-bond donors (Lipinski definition) is 0. The summed E-state index contributed by atoms with van der Waals surface area (Å²) < 4.78 is 0. The van der Waals surface area contributed by atoms with Gasteiger partial charge in [0.25, 0.3) is 0 Å². The Kier molecular flexibility index (Phi) is 5.44. The number of likely N-dealkylation sites (tertiary alicyclic amines) is 1. The molecular formula is C25H30ClN3O. The fourth-order valence-electron chi connectivity index (χ4n) is 5.60. The van der Waals surface area contributed by atoms with Gasteiger partial charge >= 0.3 is 0 Å². The van der Waals surface area contributed by atoms with E-state index in [0.29, 0.717) is 11.9 Å². The highest BCUT2D eigenvalue weighted by Gasteiger charge is 2.49. The van der Waals surface area contributed by atoms with Crippen LogP contribution in [0.1, 0.15) is 51.4 Å². The molecule has 3 fully saturated rings. The van der Waals surface area contributed by atoms with Crippen molar-refractivity contribution in [2.24, 2.45) is 5.41 Å². The zero-order valence-electron chi connectivity index (χ0n) is 17.5. The van der Waals surface area contributed by atoms with Gasteiger partial charge < -0.3 is 9.80 Å². The standard InChI is InChI=1S/C25H30ClN3O/c26-21-9-6-19(7-10-21)20-8-11-23(27-18-20)28-15-12-25(13-16-28)14-17-29(24(25)30)22-4-2-1-3-5-22/h6-11,18,22H,1-5,12-17H2. The number of carbonyl (C=O) groups excluding carboxylic acids is 1. The summed E-state index contributed by atoms with van der Waals surface area (Å²) in [4.78, 5) is 22.6. The Morgan fingerprint density at radius 3 is 2.20 bits per heavy atom. The maximum atomic E-state index is 13.3. The van der Waals surface area contributed by atoms with E-state index in [1.54, 1.807) is 0 Å². The van der Waals surface area contributed by atoms with Crippen LogP contribution in [0.3, 0.4) is 0 Å². The molecule has 5 rings (SSSR count). The minimum Gasteiger partial charge on any atom is -0.357 e. The van der Waals surface area contributed by atoms with Gasteiger partial charge in [-0.15, -0.1) is 0 Å². The average Bonchev–Trinajstić information content (AvgIpc) is 3.11. The molecule has 4 nitrogen and oxygen atoms in total. The first-order chi connectivity index (χ1) is 14.6. The summed E-state index contributed by atoms with van der Waals surface area (Å²) in [6, 6.07) is 12.6. The summed E-state index contributed by atoms with van der Waals surface area (Å²) in [5, 5.41) is 0.745. The van der Waals surface area contributed by atoms with Crippen molar-refractivity contribution in [2.45, 2.75) is 57.4 Å². The monoisotopic (exact) mass is 423 g/mol. The highest BCUT2D eigenvalue weighted by atomic mass is 35.5. The number of nitrogens with zero attached hydrogens (tertiary/aromatic N) is 3. The second-order valence-corrected chi connectivity index (χ2v) is 9.66. The van der Waals surface area contributed by atoms with Gasteiger partial charge in [0.15, 0.2) is 0 Å². The second kappa shape index (κ2) is 8.22. The minimum atomic E-state index is -0.114. The van der Waals surface area contributed by atoms with Crippen molar-refractivity contribution in [3.8, 4) is 11.1 Å². The Hall–Kier alpha value is -2.07. The lowest BCUT2D eigenvalue weighted by Gasteiger charge is -2.39. The van der Waals surface area contributed by atoms with Crippen LogP contribution in [0.5, 0.6) is 0 Å². The van der Waals surface area contributed by atoms with E-state index in [-0.39, 0.29) is 5.41 Å². The normalized spacial score (nSPS) is 22.1. The van der Waals surface area contributed by atoms with Gasteiger partial charge in [0.05, 0.1) is 5.41 Å². The molecule has 30 heavy (non-hydrogen) atoms. The molecule has 0 unspecified atom stereocenters. The molecule has 1 amide bonds. The molecule has 1 saturated carbocycles. The van der Waals surface area contributed by atoms with Crippen molar-refractivity contribution in [1.29, 1.82) is 0 Å². The molecule has 0 N–H and O–H groups in total. The van der Waals surface area contributed by atoms with Crippen LogP contribution < -0.4 is 4.90 Å². The van der Waals surface area contributed by atoms with Gasteiger partial charge in [-0.25, -0.2) is 4.98 Å². The van der Waals surface area contributed by atoms with Crippen LogP contribution in [0, 0.1) is 5.41 Å². The molecule has 0 bridgehead atoms. The molecule has 0 atom stereocenters. The molecule has 1 spiro atoms. The lowest BCUT2D eigenvalue weighted by molar-refractivity contribution is -0.139. The van der Waals surface area contributed by atoms with E-state index in [1.807, 2.05) is 30.5 Å². The maximum absolute atomic E-state index is 13.3. The third-order valence-electron chi connectivity index (χ3n) is 7.53. The molecule has 1 aromatic carbocycles. The topological polar surface area (TPSA) is 36.4 Å². The van der Waals surface area contributed by atoms with Crippen molar-refractivity contribution in [3.05, 3.63) is 47.6 Å². The lowest BCUT2D eigenvalue weighted by Crippen LogP contribution is -2.47. The minimum absolute atomic E-state index is 0.114. The number of pyridine rings is 1. The Morgan fingerprint density at radius 2 is 1.53 bits per heavy atom. The summed E-state index contributed by atoms with van der Waals surface area (Å²) >= 11 is 5.99. The van der Waals surface area contributed by atoms with E-state index in [1.165, 1.54) is 32.1 Å². The number of piperidine rings is 1. The van der Waals surface area contributed by atoms with E-state index in [2.05, 4.69) is 21.9 Å². The highest BCUT2D eigenvalue weighted by Crippen LogP contribution is 2.44. The van der Waals surface area contributed by atoms with Crippen LogP contribution in [-0.4, -0.2) is 41.5 Å². The molecule has 5 heteroatoms. The summed E-state index contributed by atoms with van der Waals surface area (Å²) in [7, 11) is 0. The lowest BCUT2D eigenvalue weighted by atomic mass is 9.77. The van der Waals surface area contributed by atoms with Gasteiger partial charge in [-0.2, -0.15) is 0 Å².